The minimum atomic E-state index is -0.950. The maximum Gasteiger partial charge on any atom is 0.354 e. The number of nitrogens with zero attached hydrogens (tertiary/aromatic N) is 1. The predicted molar refractivity (Wildman–Crippen MR) is 34.9 cm³/mol. The minimum absolute atomic E-state index is 0.197. The van der Waals surface area contributed by atoms with Crippen LogP contribution in [0.5, 0.6) is 0 Å². The SMILES string of the molecule is CCc1cn[nH]c1C(=O)O. The fourth-order valence-electron chi connectivity index (χ4n) is 0.764. The number of aromatic nitrogens is 2. The molecule has 1 heterocycles. The van der Waals surface area contributed by atoms with Crippen LogP contribution in [0.3, 0.4) is 0 Å². The summed E-state index contributed by atoms with van der Waals surface area (Å²) in [6, 6.07) is 0. The van der Waals surface area contributed by atoms with Crippen molar-refractivity contribution in [1.29, 1.82) is 0 Å². The quantitative estimate of drug-likeness (QED) is 0.634. The lowest BCUT2D eigenvalue weighted by atomic mass is 10.2. The molecule has 2 N–H and O–H groups in total. The second-order valence-electron chi connectivity index (χ2n) is 1.93. The van der Waals surface area contributed by atoms with E-state index in [0.717, 1.165) is 5.56 Å². The molecule has 0 aromatic carbocycles. The number of carboxylic acid groups (broad SMARTS) is 1. The average Bonchev–Trinajstić information content (AvgIpc) is 2.33. The zero-order valence-corrected chi connectivity index (χ0v) is 5.59. The normalized spacial score (nSPS) is 9.70. The van der Waals surface area contributed by atoms with Gasteiger partial charge in [0.2, 0.25) is 0 Å². The number of aromatic amines is 1. The summed E-state index contributed by atoms with van der Waals surface area (Å²) in [4.78, 5) is 10.4. The number of rotatable bonds is 2. The van der Waals surface area contributed by atoms with Crippen LogP contribution >= 0.6 is 0 Å². The lowest BCUT2D eigenvalue weighted by Gasteiger charge is -1.90. The number of carboxylic acids is 1. The van der Waals surface area contributed by atoms with E-state index in [1.165, 1.54) is 6.20 Å². The van der Waals surface area contributed by atoms with Gasteiger partial charge in [0.1, 0.15) is 5.69 Å². The molecule has 10 heavy (non-hydrogen) atoms. The number of nitrogens with one attached hydrogen (secondary N) is 1. The maximum absolute atomic E-state index is 10.4. The lowest BCUT2D eigenvalue weighted by molar-refractivity contribution is 0.0689. The van der Waals surface area contributed by atoms with E-state index in [0.29, 0.717) is 6.42 Å². The Hall–Kier alpha value is -1.32. The van der Waals surface area contributed by atoms with Crippen LogP contribution in [0.25, 0.3) is 0 Å². The van der Waals surface area contributed by atoms with Gasteiger partial charge >= 0.3 is 5.97 Å². The van der Waals surface area contributed by atoms with Crippen LogP contribution in [0.1, 0.15) is 23.0 Å². The first kappa shape index (κ1) is 6.80. The Balaban J connectivity index is 3.01. The molecule has 0 saturated carbocycles. The van der Waals surface area contributed by atoms with Crippen molar-refractivity contribution in [3.05, 3.63) is 17.5 Å². The van der Waals surface area contributed by atoms with Crippen LogP contribution in [0.15, 0.2) is 6.20 Å². The molecule has 54 valence electrons. The molecule has 4 nitrogen and oxygen atoms in total. The fraction of sp³-hybridized carbons (Fsp3) is 0.333. The molecule has 0 bridgehead atoms. The van der Waals surface area contributed by atoms with Crippen molar-refractivity contribution in [3.63, 3.8) is 0 Å². The molecule has 0 radical (unpaired) electrons. The highest BCUT2D eigenvalue weighted by atomic mass is 16.4. The summed E-state index contributed by atoms with van der Waals surface area (Å²) >= 11 is 0. The molecule has 0 fully saturated rings. The van der Waals surface area contributed by atoms with Crippen molar-refractivity contribution in [2.45, 2.75) is 13.3 Å². The van der Waals surface area contributed by atoms with Gasteiger partial charge in [-0.15, -0.1) is 0 Å². The van der Waals surface area contributed by atoms with Gasteiger partial charge in [-0.25, -0.2) is 4.79 Å². The van der Waals surface area contributed by atoms with E-state index in [4.69, 9.17) is 5.11 Å². The summed E-state index contributed by atoms with van der Waals surface area (Å²) in [7, 11) is 0. The second kappa shape index (κ2) is 2.51. The van der Waals surface area contributed by atoms with Crippen molar-refractivity contribution in [1.82, 2.24) is 10.2 Å². The average molecular weight is 140 g/mol. The number of hydrogen-bond donors (Lipinski definition) is 2. The van der Waals surface area contributed by atoms with Gasteiger partial charge in [-0.2, -0.15) is 5.10 Å². The zero-order chi connectivity index (χ0) is 7.56. The highest BCUT2D eigenvalue weighted by molar-refractivity contribution is 5.86. The lowest BCUT2D eigenvalue weighted by Crippen LogP contribution is -2.00. The topological polar surface area (TPSA) is 66.0 Å². The summed E-state index contributed by atoms with van der Waals surface area (Å²) in [6.45, 7) is 1.89. The molecule has 0 aliphatic rings. The molecular weight excluding hydrogens is 132 g/mol. The summed E-state index contributed by atoms with van der Waals surface area (Å²) in [5.74, 6) is -0.950. The standard InChI is InChI=1S/C6H8N2O2/c1-2-4-3-7-8-5(4)6(9)10/h3H,2H2,1H3,(H,7,8)(H,9,10). The van der Waals surface area contributed by atoms with Crippen molar-refractivity contribution in [2.75, 3.05) is 0 Å². The van der Waals surface area contributed by atoms with Crippen LogP contribution in [-0.4, -0.2) is 21.3 Å². The highest BCUT2D eigenvalue weighted by Gasteiger charge is 2.09. The van der Waals surface area contributed by atoms with Crippen LogP contribution in [0.2, 0.25) is 0 Å². The van der Waals surface area contributed by atoms with Gasteiger partial charge in [-0.05, 0) is 6.42 Å². The fourth-order valence-corrected chi connectivity index (χ4v) is 0.764. The number of carbonyl (C=O) groups is 1. The Kier molecular flexibility index (Phi) is 1.71. The summed E-state index contributed by atoms with van der Waals surface area (Å²) in [6.07, 6.45) is 2.22. The van der Waals surface area contributed by atoms with Gasteiger partial charge in [-0.1, -0.05) is 6.92 Å². The third kappa shape index (κ3) is 1.00. The van der Waals surface area contributed by atoms with E-state index in [1.807, 2.05) is 6.92 Å². The molecule has 1 rings (SSSR count). The first-order valence-corrected chi connectivity index (χ1v) is 3.01. The van der Waals surface area contributed by atoms with Crippen molar-refractivity contribution in [3.8, 4) is 0 Å². The van der Waals surface area contributed by atoms with Gasteiger partial charge in [0.05, 0.1) is 6.20 Å². The van der Waals surface area contributed by atoms with Gasteiger partial charge in [-0.3, -0.25) is 5.10 Å². The Labute approximate surface area is 57.9 Å². The summed E-state index contributed by atoms with van der Waals surface area (Å²) < 4.78 is 0. The van der Waals surface area contributed by atoms with E-state index in [-0.39, 0.29) is 5.69 Å². The van der Waals surface area contributed by atoms with Crippen LogP contribution < -0.4 is 0 Å². The molecule has 4 heteroatoms. The van der Waals surface area contributed by atoms with Gasteiger partial charge in [0.25, 0.3) is 0 Å². The van der Waals surface area contributed by atoms with E-state index in [9.17, 15) is 4.79 Å². The molecule has 0 unspecified atom stereocenters. The summed E-state index contributed by atoms with van der Waals surface area (Å²) in [5, 5.41) is 14.5. The molecule has 0 amide bonds. The van der Waals surface area contributed by atoms with E-state index in [2.05, 4.69) is 10.2 Å². The number of hydrogen-bond acceptors (Lipinski definition) is 2. The third-order valence-electron chi connectivity index (χ3n) is 1.31. The minimum Gasteiger partial charge on any atom is -0.477 e. The predicted octanol–water partition coefficient (Wildman–Crippen LogP) is 0.670. The van der Waals surface area contributed by atoms with Gasteiger partial charge in [0.15, 0.2) is 0 Å². The Morgan fingerprint density at radius 2 is 2.60 bits per heavy atom. The van der Waals surface area contributed by atoms with Crippen molar-refractivity contribution in [2.24, 2.45) is 0 Å². The molecule has 0 spiro atoms. The van der Waals surface area contributed by atoms with Crippen LogP contribution in [0, 0.1) is 0 Å². The molecular formula is C6H8N2O2. The Morgan fingerprint density at radius 3 is 3.00 bits per heavy atom. The zero-order valence-electron chi connectivity index (χ0n) is 5.59. The Bertz CT molecular complexity index is 242. The number of aromatic carboxylic acids is 1. The Morgan fingerprint density at radius 1 is 1.90 bits per heavy atom. The first-order chi connectivity index (χ1) is 4.75. The van der Waals surface area contributed by atoms with Gasteiger partial charge < -0.3 is 5.11 Å². The monoisotopic (exact) mass is 140 g/mol. The van der Waals surface area contributed by atoms with E-state index < -0.39 is 5.97 Å². The molecule has 0 aliphatic carbocycles. The van der Waals surface area contributed by atoms with Gasteiger partial charge in [0, 0.05) is 5.56 Å². The molecule has 1 aromatic rings. The van der Waals surface area contributed by atoms with E-state index in [1.54, 1.807) is 0 Å². The first-order valence-electron chi connectivity index (χ1n) is 3.01. The second-order valence-corrected chi connectivity index (χ2v) is 1.93. The number of aryl methyl sites for hydroxylation is 1. The van der Waals surface area contributed by atoms with Crippen LogP contribution in [0.4, 0.5) is 0 Å². The summed E-state index contributed by atoms with van der Waals surface area (Å²) in [5.41, 5.74) is 0.940. The maximum atomic E-state index is 10.4. The highest BCUT2D eigenvalue weighted by Crippen LogP contribution is 2.03. The van der Waals surface area contributed by atoms with E-state index >= 15 is 0 Å². The van der Waals surface area contributed by atoms with Crippen molar-refractivity contribution >= 4 is 5.97 Å². The molecule has 0 atom stereocenters. The molecule has 0 saturated heterocycles. The molecule has 0 aliphatic heterocycles. The smallest absolute Gasteiger partial charge is 0.354 e. The number of H-pyrrole nitrogens is 1. The molecule has 1 aromatic heterocycles. The van der Waals surface area contributed by atoms with Crippen LogP contribution in [-0.2, 0) is 6.42 Å². The van der Waals surface area contributed by atoms with Crippen molar-refractivity contribution < 1.29 is 9.90 Å². The third-order valence-corrected chi connectivity index (χ3v) is 1.31. The largest absolute Gasteiger partial charge is 0.477 e.